The van der Waals surface area contributed by atoms with E-state index in [1.165, 1.54) is 16.7 Å². The van der Waals surface area contributed by atoms with E-state index in [4.69, 9.17) is 26.4 Å². The van der Waals surface area contributed by atoms with Crippen LogP contribution in [0.2, 0.25) is 0 Å². The van der Waals surface area contributed by atoms with Crippen molar-refractivity contribution in [2.24, 2.45) is 0 Å². The number of para-hydroxylation sites is 1. The zero-order valence-corrected chi connectivity index (χ0v) is 22.3. The van der Waals surface area contributed by atoms with E-state index in [-0.39, 0.29) is 18.4 Å². The van der Waals surface area contributed by atoms with Crippen molar-refractivity contribution >= 4 is 57.6 Å². The molecule has 1 heterocycles. The molecule has 190 valence electrons. The molecule has 37 heavy (non-hydrogen) atoms. The van der Waals surface area contributed by atoms with Crippen LogP contribution >= 0.6 is 24.0 Å². The number of carbonyl (C=O) groups excluding carboxylic acids is 2. The molecule has 1 aliphatic heterocycles. The minimum absolute atomic E-state index is 0.172. The highest BCUT2D eigenvalue weighted by atomic mass is 32.2. The van der Waals surface area contributed by atoms with Gasteiger partial charge >= 0.3 is 0 Å². The maximum atomic E-state index is 13.1. The zero-order chi connectivity index (χ0) is 26.4. The van der Waals surface area contributed by atoms with Gasteiger partial charge < -0.3 is 19.5 Å². The Balaban J connectivity index is 1.47. The van der Waals surface area contributed by atoms with Crippen LogP contribution in [0.15, 0.2) is 71.6 Å². The Labute approximate surface area is 225 Å². The fourth-order valence-electron chi connectivity index (χ4n) is 3.62. The van der Waals surface area contributed by atoms with Crippen molar-refractivity contribution in [3.05, 3.63) is 82.8 Å². The van der Waals surface area contributed by atoms with E-state index in [1.807, 2.05) is 38.1 Å². The number of anilines is 2. The van der Waals surface area contributed by atoms with Crippen molar-refractivity contribution in [2.45, 2.75) is 13.8 Å². The van der Waals surface area contributed by atoms with Crippen LogP contribution in [0.3, 0.4) is 0 Å². The van der Waals surface area contributed by atoms with Gasteiger partial charge in [0, 0.05) is 5.69 Å². The number of benzene rings is 3. The maximum absolute atomic E-state index is 13.1. The number of ether oxygens (including phenoxy) is 3. The third kappa shape index (κ3) is 6.31. The van der Waals surface area contributed by atoms with Crippen LogP contribution in [0.1, 0.15) is 18.1 Å². The fraction of sp³-hybridized carbons (Fsp3) is 0.179. The van der Waals surface area contributed by atoms with Crippen molar-refractivity contribution in [3.8, 4) is 17.2 Å². The highest BCUT2D eigenvalue weighted by molar-refractivity contribution is 8.27. The monoisotopic (exact) mass is 534 g/mol. The Bertz CT molecular complexity index is 1350. The van der Waals surface area contributed by atoms with Crippen LogP contribution in [-0.4, -0.2) is 36.5 Å². The summed E-state index contributed by atoms with van der Waals surface area (Å²) in [4.78, 5) is 27.5. The SMILES string of the molecule is CCOc1cc(/C=C2\SC(=S)N(c3ccc(OC)cc3)C2=O)ccc1OCC(=O)Nc1ccccc1C. The number of nitrogens with zero attached hydrogens (tertiary/aromatic N) is 1. The number of nitrogens with one attached hydrogen (secondary N) is 1. The Morgan fingerprint density at radius 2 is 1.81 bits per heavy atom. The molecular formula is C28H26N2O5S2. The molecule has 1 saturated heterocycles. The second-order valence-electron chi connectivity index (χ2n) is 8.01. The lowest BCUT2D eigenvalue weighted by molar-refractivity contribution is -0.118. The summed E-state index contributed by atoms with van der Waals surface area (Å²) in [5, 5.41) is 2.85. The molecule has 0 aliphatic carbocycles. The lowest BCUT2D eigenvalue weighted by Crippen LogP contribution is -2.27. The molecule has 0 bridgehead atoms. The molecule has 3 aromatic carbocycles. The van der Waals surface area contributed by atoms with Gasteiger partial charge in [-0.3, -0.25) is 14.5 Å². The van der Waals surface area contributed by atoms with E-state index >= 15 is 0 Å². The van der Waals surface area contributed by atoms with E-state index in [1.54, 1.807) is 55.7 Å². The molecule has 1 N–H and O–H groups in total. The average Bonchev–Trinajstić information content (AvgIpc) is 3.17. The first kappa shape index (κ1) is 26.2. The molecule has 0 saturated carbocycles. The van der Waals surface area contributed by atoms with Gasteiger partial charge in [-0.15, -0.1) is 0 Å². The van der Waals surface area contributed by atoms with Gasteiger partial charge in [0.1, 0.15) is 5.75 Å². The van der Waals surface area contributed by atoms with E-state index < -0.39 is 0 Å². The van der Waals surface area contributed by atoms with Gasteiger partial charge in [0.25, 0.3) is 11.8 Å². The minimum atomic E-state index is -0.275. The molecule has 1 fully saturated rings. The van der Waals surface area contributed by atoms with E-state index in [9.17, 15) is 9.59 Å². The normalized spacial score (nSPS) is 14.1. The second kappa shape index (κ2) is 11.9. The predicted octanol–water partition coefficient (Wildman–Crippen LogP) is 5.83. The average molecular weight is 535 g/mol. The number of aryl methyl sites for hydroxylation is 1. The number of carbonyl (C=O) groups is 2. The largest absolute Gasteiger partial charge is 0.497 e. The van der Waals surface area contributed by atoms with E-state index in [2.05, 4.69) is 5.32 Å². The van der Waals surface area contributed by atoms with Crippen LogP contribution in [0.25, 0.3) is 6.08 Å². The highest BCUT2D eigenvalue weighted by Crippen LogP contribution is 2.37. The van der Waals surface area contributed by atoms with Gasteiger partial charge in [0.15, 0.2) is 22.4 Å². The maximum Gasteiger partial charge on any atom is 0.270 e. The molecule has 0 atom stereocenters. The molecule has 7 nitrogen and oxygen atoms in total. The van der Waals surface area contributed by atoms with Gasteiger partial charge in [0.2, 0.25) is 0 Å². The molecule has 0 spiro atoms. The molecule has 4 rings (SSSR count). The van der Waals surface area contributed by atoms with Crippen LogP contribution in [-0.2, 0) is 9.59 Å². The van der Waals surface area contributed by atoms with Gasteiger partial charge in [-0.05, 0) is 73.5 Å². The number of thiocarbonyl (C=S) groups is 1. The highest BCUT2D eigenvalue weighted by Gasteiger charge is 2.33. The molecule has 0 radical (unpaired) electrons. The molecule has 2 amide bonds. The van der Waals surface area contributed by atoms with Crippen LogP contribution in [0.4, 0.5) is 11.4 Å². The van der Waals surface area contributed by atoms with Crippen molar-refractivity contribution in [3.63, 3.8) is 0 Å². The van der Waals surface area contributed by atoms with Crippen LogP contribution < -0.4 is 24.4 Å². The van der Waals surface area contributed by atoms with Crippen LogP contribution in [0.5, 0.6) is 17.2 Å². The summed E-state index contributed by atoms with van der Waals surface area (Å²) in [6.45, 7) is 4.03. The van der Waals surface area contributed by atoms with Crippen molar-refractivity contribution in [2.75, 3.05) is 30.5 Å². The third-order valence-electron chi connectivity index (χ3n) is 5.47. The first-order chi connectivity index (χ1) is 17.9. The van der Waals surface area contributed by atoms with E-state index in [0.29, 0.717) is 38.8 Å². The Hall–Kier alpha value is -3.82. The van der Waals surface area contributed by atoms with Gasteiger partial charge in [-0.25, -0.2) is 0 Å². The molecule has 0 unspecified atom stereocenters. The quantitative estimate of drug-likeness (QED) is 0.274. The van der Waals surface area contributed by atoms with Gasteiger partial charge in [-0.1, -0.05) is 48.2 Å². The van der Waals surface area contributed by atoms with Crippen molar-refractivity contribution in [1.82, 2.24) is 0 Å². The first-order valence-corrected chi connectivity index (χ1v) is 12.8. The molecule has 1 aliphatic rings. The second-order valence-corrected chi connectivity index (χ2v) is 9.68. The summed E-state index contributed by atoms with van der Waals surface area (Å²) >= 11 is 6.70. The number of methoxy groups -OCH3 is 1. The fourth-order valence-corrected chi connectivity index (χ4v) is 4.92. The Kier molecular flexibility index (Phi) is 8.47. The number of hydrogen-bond donors (Lipinski definition) is 1. The molecular weight excluding hydrogens is 508 g/mol. The van der Waals surface area contributed by atoms with Crippen molar-refractivity contribution in [1.29, 1.82) is 0 Å². The lowest BCUT2D eigenvalue weighted by atomic mass is 10.1. The smallest absolute Gasteiger partial charge is 0.270 e. The predicted molar refractivity (Wildman–Crippen MR) is 152 cm³/mol. The van der Waals surface area contributed by atoms with Crippen molar-refractivity contribution < 1.29 is 23.8 Å². The van der Waals surface area contributed by atoms with Gasteiger partial charge in [0.05, 0.1) is 24.3 Å². The molecule has 9 heteroatoms. The summed E-state index contributed by atoms with van der Waals surface area (Å²) < 4.78 is 17.1. The zero-order valence-electron chi connectivity index (χ0n) is 20.6. The number of amides is 2. The van der Waals surface area contributed by atoms with E-state index in [0.717, 1.165) is 16.8 Å². The topological polar surface area (TPSA) is 77.1 Å². The van der Waals surface area contributed by atoms with Gasteiger partial charge in [-0.2, -0.15) is 0 Å². The summed E-state index contributed by atoms with van der Waals surface area (Å²) in [7, 11) is 1.59. The lowest BCUT2D eigenvalue weighted by Gasteiger charge is -2.15. The van der Waals surface area contributed by atoms with Crippen LogP contribution in [0, 0.1) is 6.92 Å². The Morgan fingerprint density at radius 3 is 2.51 bits per heavy atom. The summed E-state index contributed by atoms with van der Waals surface area (Å²) in [6.07, 6.45) is 1.76. The standard InChI is InChI=1S/C28H26N2O5S2/c1-4-34-24-15-19(9-14-23(24)35-17-26(31)29-22-8-6-5-7-18(22)2)16-25-27(32)30(28(36)37-25)20-10-12-21(33-3)13-11-20/h5-16H,4,17H2,1-3H3,(H,29,31)/b25-16-. The molecule has 0 aromatic heterocycles. The number of rotatable bonds is 9. The minimum Gasteiger partial charge on any atom is -0.497 e. The summed E-state index contributed by atoms with van der Waals surface area (Å²) in [5.74, 6) is 1.13. The summed E-state index contributed by atoms with van der Waals surface area (Å²) in [5.41, 5.74) is 3.13. The first-order valence-electron chi connectivity index (χ1n) is 11.6. The third-order valence-corrected chi connectivity index (χ3v) is 6.77. The summed E-state index contributed by atoms with van der Waals surface area (Å²) in [6, 6.07) is 20.0. The number of hydrogen-bond acceptors (Lipinski definition) is 7. The Morgan fingerprint density at radius 1 is 1.05 bits per heavy atom. The molecule has 3 aromatic rings. The number of thioether (sulfide) groups is 1.